The minimum atomic E-state index is -0.579. The highest BCUT2D eigenvalue weighted by Crippen LogP contribution is 2.22. The highest BCUT2D eigenvalue weighted by atomic mass is 16.6. The molecule has 14 nitrogen and oxygen atoms in total. The number of benzene rings is 1. The lowest BCUT2D eigenvalue weighted by atomic mass is 10.0. The van der Waals surface area contributed by atoms with Crippen molar-refractivity contribution >= 4 is 29.7 Å². The van der Waals surface area contributed by atoms with Crippen molar-refractivity contribution in [2.75, 3.05) is 31.6 Å². The fourth-order valence-electron chi connectivity index (χ4n) is 5.25. The average Bonchev–Trinajstić information content (AvgIpc) is 3.12. The molecule has 0 radical (unpaired) electrons. The van der Waals surface area contributed by atoms with Crippen molar-refractivity contribution in [3.05, 3.63) is 63.9 Å². The molecule has 3 amide bonds. The lowest BCUT2D eigenvalue weighted by Gasteiger charge is -2.11. The quantitative estimate of drug-likeness (QED) is 0.0253. The predicted octanol–water partition coefficient (Wildman–Crippen LogP) is 8.34. The van der Waals surface area contributed by atoms with Crippen molar-refractivity contribution in [1.29, 1.82) is 0 Å². The van der Waals surface area contributed by atoms with Crippen molar-refractivity contribution in [1.82, 2.24) is 20.6 Å². The smallest absolute Gasteiger partial charge is 0.407 e. The Morgan fingerprint density at radius 2 is 1.40 bits per heavy atom. The number of aryl methyl sites for hydroxylation is 1. The first-order valence-corrected chi connectivity index (χ1v) is 18.7. The molecule has 1 heterocycles. The Morgan fingerprint density at radius 3 is 2.06 bits per heavy atom. The molecule has 0 atom stereocenters. The summed E-state index contributed by atoms with van der Waals surface area (Å²) in [5.74, 6) is -0.203. The van der Waals surface area contributed by atoms with Crippen LogP contribution in [0.3, 0.4) is 0 Å². The average molecular weight is 727 g/mol. The number of para-hydroxylation sites is 1. The third kappa shape index (κ3) is 20.2. The van der Waals surface area contributed by atoms with Crippen LogP contribution in [0.25, 0.3) is 0 Å². The van der Waals surface area contributed by atoms with Crippen LogP contribution in [0.2, 0.25) is 0 Å². The Kier molecular flexibility index (Phi) is 22.5. The predicted molar refractivity (Wildman–Crippen MR) is 200 cm³/mol. The number of anilines is 1. The van der Waals surface area contributed by atoms with Crippen LogP contribution in [0.15, 0.2) is 42.5 Å². The molecule has 0 unspecified atom stereocenters. The Labute approximate surface area is 308 Å². The summed E-state index contributed by atoms with van der Waals surface area (Å²) in [5, 5.41) is 19.6. The van der Waals surface area contributed by atoms with Crippen LogP contribution in [-0.2, 0) is 27.3 Å². The van der Waals surface area contributed by atoms with E-state index in [0.29, 0.717) is 25.1 Å². The van der Waals surface area contributed by atoms with Gasteiger partial charge in [-0.2, -0.15) is 4.98 Å². The van der Waals surface area contributed by atoms with E-state index in [1.165, 1.54) is 64.4 Å². The van der Waals surface area contributed by atoms with Crippen LogP contribution in [-0.4, -0.2) is 59.3 Å². The minimum absolute atomic E-state index is 0.0351. The van der Waals surface area contributed by atoms with Gasteiger partial charge in [0.1, 0.15) is 19.8 Å². The second kappa shape index (κ2) is 27.0. The zero-order valence-corrected chi connectivity index (χ0v) is 31.1. The van der Waals surface area contributed by atoms with Crippen molar-refractivity contribution in [3.8, 4) is 5.88 Å². The molecule has 3 N–H and O–H groups in total. The Hall–Kier alpha value is -4.75. The summed E-state index contributed by atoms with van der Waals surface area (Å²) in [6.45, 7) is 7.99. The maximum Gasteiger partial charge on any atom is 0.407 e. The van der Waals surface area contributed by atoms with Crippen LogP contribution in [0.5, 0.6) is 5.88 Å². The molecule has 0 spiro atoms. The second-order valence-electron chi connectivity index (χ2n) is 12.8. The molecule has 0 aliphatic rings. The van der Waals surface area contributed by atoms with Crippen LogP contribution >= 0.6 is 0 Å². The highest BCUT2D eigenvalue weighted by Gasteiger charge is 2.15. The van der Waals surface area contributed by atoms with Gasteiger partial charge in [0.05, 0.1) is 10.5 Å². The number of nitrogens with one attached hydrogen (secondary N) is 3. The van der Waals surface area contributed by atoms with E-state index in [1.54, 1.807) is 24.3 Å². The van der Waals surface area contributed by atoms with E-state index in [1.807, 2.05) is 0 Å². The second-order valence-corrected chi connectivity index (χ2v) is 12.8. The van der Waals surface area contributed by atoms with Gasteiger partial charge in [0.25, 0.3) is 5.69 Å². The Balaban J connectivity index is 1.75. The van der Waals surface area contributed by atoms with Crippen molar-refractivity contribution < 1.29 is 33.5 Å². The molecular formula is C38H58N6O8. The van der Waals surface area contributed by atoms with Crippen LogP contribution in [0, 0.1) is 10.1 Å². The third-order valence-electron chi connectivity index (χ3n) is 8.14. The summed E-state index contributed by atoms with van der Waals surface area (Å²) >= 11 is 0. The van der Waals surface area contributed by atoms with E-state index in [2.05, 4.69) is 39.4 Å². The van der Waals surface area contributed by atoms with Crippen molar-refractivity contribution in [2.24, 2.45) is 0 Å². The van der Waals surface area contributed by atoms with Gasteiger partial charge in [0.15, 0.2) is 0 Å². The minimum Gasteiger partial charge on any atom is -0.472 e. The van der Waals surface area contributed by atoms with Gasteiger partial charge in [0, 0.05) is 36.5 Å². The monoisotopic (exact) mass is 726 g/mol. The number of hydrogen-bond acceptors (Lipinski definition) is 10. The van der Waals surface area contributed by atoms with Gasteiger partial charge in [-0.3, -0.25) is 15.4 Å². The topological polar surface area (TPSA) is 184 Å². The van der Waals surface area contributed by atoms with E-state index in [-0.39, 0.29) is 42.9 Å². The Bertz CT molecular complexity index is 1390. The maximum atomic E-state index is 12.7. The van der Waals surface area contributed by atoms with Gasteiger partial charge in [-0.15, -0.1) is 0 Å². The largest absolute Gasteiger partial charge is 0.472 e. The van der Waals surface area contributed by atoms with E-state index >= 15 is 0 Å². The number of carbonyl (C=O) groups is 3. The third-order valence-corrected chi connectivity index (χ3v) is 8.14. The molecule has 0 saturated heterocycles. The fraction of sp³-hybridized carbons (Fsp3) is 0.605. The van der Waals surface area contributed by atoms with E-state index < -0.39 is 23.0 Å². The number of rotatable bonds is 28. The first kappa shape index (κ1) is 43.4. The molecule has 0 fully saturated rings. The lowest BCUT2D eigenvalue weighted by molar-refractivity contribution is -0.385. The SMILES string of the molecule is C=C(C)C(=O)OCCOC(=O)NCCCCCCNC(=O)Nc1nc(CCCCCCCCCCCCC)cc(OCc2ccccc2[N+](=O)[O-])n1. The standard InChI is InChI=1S/C38H58N6O8/c1-4-5-6-7-8-9-10-11-12-13-16-22-32-28-34(52-29-31-21-17-18-23-33(31)44(48)49)42-36(41-32)43-37(46)39-24-19-14-15-20-25-40-38(47)51-27-26-50-35(45)30(2)3/h17-18,21,23,28H,2,4-16,19-20,22,24-27,29H2,1,3H3,(H,40,47)(H2,39,41,42,43,46). The molecule has 2 aromatic rings. The molecule has 288 valence electrons. The van der Waals surface area contributed by atoms with Gasteiger partial charge >= 0.3 is 18.1 Å². The number of nitrogens with zero attached hydrogens (tertiary/aromatic N) is 3. The summed E-state index contributed by atoms with van der Waals surface area (Å²) in [6, 6.07) is 7.66. The number of esters is 1. The van der Waals surface area contributed by atoms with Gasteiger partial charge in [-0.05, 0) is 38.7 Å². The molecule has 0 bridgehead atoms. The molecule has 2 rings (SSSR count). The summed E-state index contributed by atoms with van der Waals surface area (Å²) in [6.07, 6.45) is 16.8. The summed E-state index contributed by atoms with van der Waals surface area (Å²) in [4.78, 5) is 55.6. The number of nitro benzene ring substituents is 1. The van der Waals surface area contributed by atoms with E-state index in [4.69, 9.17) is 14.2 Å². The molecule has 0 aliphatic heterocycles. The zero-order chi connectivity index (χ0) is 37.8. The molecule has 0 saturated carbocycles. The van der Waals surface area contributed by atoms with E-state index in [9.17, 15) is 24.5 Å². The molecular weight excluding hydrogens is 668 g/mol. The summed E-state index contributed by atoms with van der Waals surface area (Å²) in [5.41, 5.74) is 1.38. The van der Waals surface area contributed by atoms with Crippen molar-refractivity contribution in [3.63, 3.8) is 0 Å². The number of aromatic nitrogens is 2. The van der Waals surface area contributed by atoms with Crippen LogP contribution in [0.1, 0.15) is 121 Å². The normalized spacial score (nSPS) is 10.7. The van der Waals surface area contributed by atoms with Gasteiger partial charge < -0.3 is 24.8 Å². The summed E-state index contributed by atoms with van der Waals surface area (Å²) < 4.78 is 15.7. The van der Waals surface area contributed by atoms with Gasteiger partial charge in [0.2, 0.25) is 11.8 Å². The Morgan fingerprint density at radius 1 is 0.808 bits per heavy atom. The van der Waals surface area contributed by atoms with Crippen molar-refractivity contribution in [2.45, 2.75) is 123 Å². The van der Waals surface area contributed by atoms with Gasteiger partial charge in [-0.25, -0.2) is 19.4 Å². The highest BCUT2D eigenvalue weighted by molar-refractivity contribution is 5.87. The first-order valence-electron chi connectivity index (χ1n) is 18.7. The molecule has 0 aliphatic carbocycles. The van der Waals surface area contributed by atoms with Crippen LogP contribution in [0.4, 0.5) is 21.2 Å². The number of nitro groups is 1. The number of hydrogen-bond donors (Lipinski definition) is 3. The molecule has 52 heavy (non-hydrogen) atoms. The number of ether oxygens (including phenoxy) is 3. The number of urea groups is 1. The molecule has 14 heteroatoms. The summed E-state index contributed by atoms with van der Waals surface area (Å²) in [7, 11) is 0. The van der Waals surface area contributed by atoms with Crippen LogP contribution < -0.4 is 20.7 Å². The maximum absolute atomic E-state index is 12.7. The fourth-order valence-corrected chi connectivity index (χ4v) is 5.25. The lowest BCUT2D eigenvalue weighted by Crippen LogP contribution is -2.30. The molecule has 1 aromatic carbocycles. The number of alkyl carbamates (subject to hydrolysis) is 1. The number of amides is 3. The zero-order valence-electron chi connectivity index (χ0n) is 31.1. The van der Waals surface area contributed by atoms with E-state index in [0.717, 1.165) is 50.6 Å². The number of carbonyl (C=O) groups excluding carboxylic acids is 3. The number of unbranched alkanes of at least 4 members (excludes halogenated alkanes) is 13. The first-order chi connectivity index (χ1) is 25.2. The van der Waals surface area contributed by atoms with Gasteiger partial charge in [-0.1, -0.05) is 103 Å². The molecule has 1 aromatic heterocycles.